The van der Waals surface area contributed by atoms with Crippen LogP contribution in [-0.4, -0.2) is 69.2 Å². The Balaban J connectivity index is 1.55. The van der Waals surface area contributed by atoms with Crippen LogP contribution in [-0.2, 0) is 18.3 Å². The van der Waals surface area contributed by atoms with Crippen molar-refractivity contribution >= 4 is 17.5 Å². The fourth-order valence-electron chi connectivity index (χ4n) is 4.69. The molecule has 5 heterocycles. The fraction of sp³-hybridized carbons (Fsp3) is 0.579. The standard InChI is InChI=1S/C19H21F3N6O3/c1-25-13(2-4-23-25)14(29)9-28-15(19(20,21)22)3-5-26-17(30)7-16(24-18(26)28)27-8-12-6-11(27)10-31-12/h2,4,7,11-12,15H,3,5-6,8-10H2,1H3/t11-,12-,15-/m0/s1. The summed E-state index contributed by atoms with van der Waals surface area (Å²) in [6.45, 7) is 0.363. The molecule has 0 amide bonds. The maximum atomic E-state index is 13.9. The molecule has 3 aliphatic heterocycles. The SMILES string of the molecule is Cn1nccc1C(=O)CN1c2nc(N3C[C@@H]4C[C@H]3CO4)cc(=O)n2CC[C@H]1C(F)(F)F. The predicted octanol–water partition coefficient (Wildman–Crippen LogP) is 0.978. The Morgan fingerprint density at radius 3 is 2.77 bits per heavy atom. The van der Waals surface area contributed by atoms with Crippen molar-refractivity contribution in [3.63, 3.8) is 0 Å². The molecule has 12 heteroatoms. The third kappa shape index (κ3) is 3.38. The summed E-state index contributed by atoms with van der Waals surface area (Å²) in [6.07, 6.45) is -2.67. The first-order chi connectivity index (χ1) is 14.7. The smallest absolute Gasteiger partial charge is 0.374 e. The van der Waals surface area contributed by atoms with Gasteiger partial charge in [-0.3, -0.25) is 18.8 Å². The van der Waals surface area contributed by atoms with Crippen LogP contribution in [0.15, 0.2) is 23.1 Å². The first-order valence-corrected chi connectivity index (χ1v) is 10.1. The highest BCUT2D eigenvalue weighted by atomic mass is 19.4. The third-order valence-electron chi connectivity index (χ3n) is 6.23. The zero-order valence-electron chi connectivity index (χ0n) is 16.7. The zero-order chi connectivity index (χ0) is 21.9. The Kier molecular flexibility index (Phi) is 4.57. The highest BCUT2D eigenvalue weighted by Crippen LogP contribution is 2.36. The van der Waals surface area contributed by atoms with Gasteiger partial charge in [0.05, 0.1) is 25.3 Å². The zero-order valence-corrected chi connectivity index (χ0v) is 16.7. The predicted molar refractivity (Wildman–Crippen MR) is 103 cm³/mol. The monoisotopic (exact) mass is 438 g/mol. The van der Waals surface area contributed by atoms with Gasteiger partial charge in [-0.2, -0.15) is 23.3 Å². The molecule has 3 atom stereocenters. The van der Waals surface area contributed by atoms with E-state index in [1.165, 1.54) is 27.6 Å². The number of alkyl halides is 3. The Morgan fingerprint density at radius 2 is 2.16 bits per heavy atom. The van der Waals surface area contributed by atoms with E-state index in [4.69, 9.17) is 4.74 Å². The summed E-state index contributed by atoms with van der Waals surface area (Å²) in [5.41, 5.74) is -0.243. The summed E-state index contributed by atoms with van der Waals surface area (Å²) in [6, 6.07) is 0.947. The van der Waals surface area contributed by atoms with Crippen molar-refractivity contribution in [1.29, 1.82) is 0 Å². The second-order valence-corrected chi connectivity index (χ2v) is 8.14. The number of carbonyl (C=O) groups excluding carboxylic acids is 1. The first-order valence-electron chi connectivity index (χ1n) is 10.1. The van der Waals surface area contributed by atoms with E-state index < -0.39 is 30.1 Å². The van der Waals surface area contributed by atoms with Gasteiger partial charge < -0.3 is 14.5 Å². The lowest BCUT2D eigenvalue weighted by atomic mass is 10.1. The molecular weight excluding hydrogens is 417 g/mol. The summed E-state index contributed by atoms with van der Waals surface area (Å²) in [7, 11) is 1.55. The number of aromatic nitrogens is 4. The quantitative estimate of drug-likeness (QED) is 0.658. The number of ether oxygens (including phenoxy) is 1. The largest absolute Gasteiger partial charge is 0.408 e. The summed E-state index contributed by atoms with van der Waals surface area (Å²) in [4.78, 5) is 32.9. The van der Waals surface area contributed by atoms with Gasteiger partial charge in [0.25, 0.3) is 5.56 Å². The van der Waals surface area contributed by atoms with E-state index in [9.17, 15) is 22.8 Å². The van der Waals surface area contributed by atoms with Crippen LogP contribution in [0.2, 0.25) is 0 Å². The van der Waals surface area contributed by atoms with Crippen molar-refractivity contribution in [1.82, 2.24) is 19.3 Å². The average molecular weight is 438 g/mol. The maximum absolute atomic E-state index is 13.9. The van der Waals surface area contributed by atoms with E-state index in [2.05, 4.69) is 10.1 Å². The van der Waals surface area contributed by atoms with E-state index in [0.717, 1.165) is 11.3 Å². The van der Waals surface area contributed by atoms with Gasteiger partial charge in [-0.25, -0.2) is 0 Å². The van der Waals surface area contributed by atoms with Crippen LogP contribution in [0.1, 0.15) is 23.3 Å². The fourth-order valence-corrected chi connectivity index (χ4v) is 4.69. The van der Waals surface area contributed by atoms with Crippen molar-refractivity contribution in [2.45, 2.75) is 43.8 Å². The van der Waals surface area contributed by atoms with Gasteiger partial charge in [-0.1, -0.05) is 0 Å². The highest BCUT2D eigenvalue weighted by molar-refractivity contribution is 5.97. The Bertz CT molecular complexity index is 1080. The lowest BCUT2D eigenvalue weighted by molar-refractivity contribution is -0.152. The molecule has 0 radical (unpaired) electrons. The number of rotatable bonds is 4. The summed E-state index contributed by atoms with van der Waals surface area (Å²) < 4.78 is 49.7. The second-order valence-electron chi connectivity index (χ2n) is 8.14. The molecule has 2 fully saturated rings. The van der Waals surface area contributed by atoms with Gasteiger partial charge in [-0.05, 0) is 18.9 Å². The van der Waals surface area contributed by atoms with Crippen molar-refractivity contribution < 1.29 is 22.7 Å². The number of hydrogen-bond donors (Lipinski definition) is 0. The number of carbonyl (C=O) groups is 1. The molecule has 2 aromatic rings. The summed E-state index contributed by atoms with van der Waals surface area (Å²) in [5, 5.41) is 3.91. The molecular formula is C19H21F3N6O3. The van der Waals surface area contributed by atoms with Crippen LogP contribution < -0.4 is 15.4 Å². The van der Waals surface area contributed by atoms with Crippen LogP contribution in [0.4, 0.5) is 24.9 Å². The number of fused-ring (bicyclic) bond motifs is 3. The van der Waals surface area contributed by atoms with Crippen LogP contribution >= 0.6 is 0 Å². The molecule has 2 saturated heterocycles. The number of morpholine rings is 1. The molecule has 2 bridgehead atoms. The number of hydrogen-bond acceptors (Lipinski definition) is 7. The molecule has 0 aliphatic carbocycles. The van der Waals surface area contributed by atoms with Crippen molar-refractivity contribution in [3.8, 4) is 0 Å². The van der Waals surface area contributed by atoms with E-state index in [1.54, 1.807) is 7.05 Å². The molecule has 31 heavy (non-hydrogen) atoms. The van der Waals surface area contributed by atoms with Gasteiger partial charge in [0.2, 0.25) is 5.95 Å². The summed E-state index contributed by atoms with van der Waals surface area (Å²) in [5.74, 6) is -0.334. The minimum Gasteiger partial charge on any atom is -0.374 e. The van der Waals surface area contributed by atoms with E-state index in [1.807, 2.05) is 4.90 Å². The molecule has 9 nitrogen and oxygen atoms in total. The number of ketones is 1. The molecule has 0 saturated carbocycles. The highest BCUT2D eigenvalue weighted by Gasteiger charge is 2.48. The number of halogens is 3. The van der Waals surface area contributed by atoms with Gasteiger partial charge in [0, 0.05) is 32.4 Å². The van der Waals surface area contributed by atoms with E-state index in [-0.39, 0.29) is 36.8 Å². The number of nitrogens with zero attached hydrogens (tertiary/aromatic N) is 6. The van der Waals surface area contributed by atoms with Crippen LogP contribution in [0, 0.1) is 0 Å². The van der Waals surface area contributed by atoms with Gasteiger partial charge in [0.1, 0.15) is 17.6 Å². The Morgan fingerprint density at radius 1 is 1.35 bits per heavy atom. The van der Waals surface area contributed by atoms with Crippen LogP contribution in [0.5, 0.6) is 0 Å². The lowest BCUT2D eigenvalue weighted by Crippen LogP contribution is -2.54. The van der Waals surface area contributed by atoms with Gasteiger partial charge >= 0.3 is 6.18 Å². The summed E-state index contributed by atoms with van der Waals surface area (Å²) >= 11 is 0. The Hall–Kier alpha value is -2.89. The molecule has 2 aromatic heterocycles. The average Bonchev–Trinajstić information content (AvgIpc) is 3.44. The maximum Gasteiger partial charge on any atom is 0.408 e. The molecule has 166 valence electrons. The van der Waals surface area contributed by atoms with Crippen LogP contribution in [0.25, 0.3) is 0 Å². The van der Waals surface area contributed by atoms with Crippen molar-refractivity contribution in [2.24, 2.45) is 7.05 Å². The Labute approximate surface area is 175 Å². The minimum atomic E-state index is -4.58. The molecule has 5 rings (SSSR count). The number of Topliss-reactive ketones (excluding diaryl/α,β-unsaturated/α-hetero) is 1. The molecule has 3 aliphatic rings. The second kappa shape index (κ2) is 7.08. The lowest BCUT2D eigenvalue weighted by Gasteiger charge is -2.39. The van der Waals surface area contributed by atoms with Crippen molar-refractivity contribution in [3.05, 3.63) is 34.4 Å². The van der Waals surface area contributed by atoms with Crippen LogP contribution in [0.3, 0.4) is 0 Å². The normalized spacial score (nSPS) is 25.2. The first kappa shape index (κ1) is 20.0. The third-order valence-corrected chi connectivity index (χ3v) is 6.23. The van der Waals surface area contributed by atoms with E-state index >= 15 is 0 Å². The van der Waals surface area contributed by atoms with Gasteiger partial charge in [-0.15, -0.1) is 0 Å². The number of anilines is 2. The minimum absolute atomic E-state index is 0.0380. The molecule has 0 unspecified atom stereocenters. The topological polar surface area (TPSA) is 85.5 Å². The number of aryl methyl sites for hydroxylation is 1. The molecule has 0 N–H and O–H groups in total. The molecule has 0 spiro atoms. The van der Waals surface area contributed by atoms with E-state index in [0.29, 0.717) is 19.0 Å². The molecule has 0 aromatic carbocycles. The van der Waals surface area contributed by atoms with Crippen molar-refractivity contribution in [2.75, 3.05) is 29.5 Å². The van der Waals surface area contributed by atoms with Gasteiger partial charge in [0.15, 0.2) is 5.78 Å².